The third-order valence-corrected chi connectivity index (χ3v) is 7.62. The Morgan fingerprint density at radius 3 is 2.44 bits per heavy atom. The van der Waals surface area contributed by atoms with E-state index in [9.17, 15) is 4.79 Å². The van der Waals surface area contributed by atoms with Crippen LogP contribution in [0.2, 0.25) is 0 Å². The summed E-state index contributed by atoms with van der Waals surface area (Å²) < 4.78 is 11.5. The van der Waals surface area contributed by atoms with Crippen molar-refractivity contribution in [3.8, 4) is 5.75 Å². The molecular weight excluding hydrogens is 450 g/mol. The number of aromatic nitrogens is 1. The highest BCUT2D eigenvalue weighted by Crippen LogP contribution is 2.35. The maximum Gasteiger partial charge on any atom is 0.251 e. The fraction of sp³-hybridized carbons (Fsp3) is 0.633. The van der Waals surface area contributed by atoms with Gasteiger partial charge >= 0.3 is 0 Å². The van der Waals surface area contributed by atoms with Crippen LogP contribution >= 0.6 is 0 Å². The first kappa shape index (κ1) is 28.3. The van der Waals surface area contributed by atoms with E-state index < -0.39 is 0 Å². The van der Waals surface area contributed by atoms with Gasteiger partial charge in [-0.1, -0.05) is 19.3 Å². The molecule has 1 aromatic heterocycles. The van der Waals surface area contributed by atoms with Gasteiger partial charge in [0.1, 0.15) is 5.75 Å². The zero-order valence-corrected chi connectivity index (χ0v) is 23.4. The van der Waals surface area contributed by atoms with E-state index in [1.54, 1.807) is 7.11 Å². The number of methoxy groups -OCH3 is 1. The van der Waals surface area contributed by atoms with E-state index in [0.29, 0.717) is 19.1 Å². The molecule has 1 aliphatic carbocycles. The molecule has 1 aromatic carbocycles. The summed E-state index contributed by atoms with van der Waals surface area (Å²) >= 11 is 0. The molecule has 1 N–H and O–H groups in total. The van der Waals surface area contributed by atoms with Crippen molar-refractivity contribution in [2.45, 2.75) is 78.7 Å². The second-order valence-corrected chi connectivity index (χ2v) is 10.4. The molecule has 36 heavy (non-hydrogen) atoms. The third kappa shape index (κ3) is 7.59. The number of aryl methyl sites for hydroxylation is 2. The highest BCUT2D eigenvalue weighted by Gasteiger charge is 2.23. The van der Waals surface area contributed by atoms with Crippen LogP contribution in [-0.2, 0) is 11.2 Å². The van der Waals surface area contributed by atoms with Gasteiger partial charge in [0, 0.05) is 62.2 Å². The zero-order valence-electron chi connectivity index (χ0n) is 23.4. The third-order valence-electron chi connectivity index (χ3n) is 7.62. The Morgan fingerprint density at radius 2 is 1.78 bits per heavy atom. The van der Waals surface area contributed by atoms with Gasteiger partial charge in [0.25, 0.3) is 5.56 Å². The predicted octanol–water partition coefficient (Wildman–Crippen LogP) is 5.40. The number of rotatable bonds is 13. The number of anilines is 1. The number of likely N-dealkylation sites (N-methyl/N-ethyl adjacent to an activating group) is 1. The first-order chi connectivity index (χ1) is 17.3. The monoisotopic (exact) mass is 497 g/mol. The largest absolute Gasteiger partial charge is 0.493 e. The molecule has 0 saturated heterocycles. The first-order valence-electron chi connectivity index (χ1n) is 13.7. The van der Waals surface area contributed by atoms with Crippen molar-refractivity contribution in [1.82, 2.24) is 9.88 Å². The molecule has 1 saturated carbocycles. The maximum absolute atomic E-state index is 12.8. The lowest BCUT2D eigenvalue weighted by molar-refractivity contribution is 0.157. The molecule has 1 fully saturated rings. The standard InChI is InChI=1S/C30H47N3O3/c1-7-33(26-12-9-8-10-13-26)29-21-27(36-16-11-14-32(5)15-17-35-6)19-25(24(29)4)20-28-22(2)18-23(3)31-30(28)34/h18-19,21,26H,7-17,20H2,1-6H3,(H,31,34). The summed E-state index contributed by atoms with van der Waals surface area (Å²) in [5.41, 5.74) is 6.49. The minimum absolute atomic E-state index is 0.0125. The lowest BCUT2D eigenvalue weighted by Crippen LogP contribution is -2.37. The molecule has 1 heterocycles. The summed E-state index contributed by atoms with van der Waals surface area (Å²) in [4.78, 5) is 20.7. The van der Waals surface area contributed by atoms with Gasteiger partial charge in [0.05, 0.1) is 13.2 Å². The van der Waals surface area contributed by atoms with Crippen LogP contribution < -0.4 is 15.2 Å². The number of hydrogen-bond acceptors (Lipinski definition) is 5. The number of ether oxygens (including phenoxy) is 2. The van der Waals surface area contributed by atoms with Crippen LogP contribution in [-0.4, -0.2) is 62.9 Å². The summed E-state index contributed by atoms with van der Waals surface area (Å²) in [5, 5.41) is 0. The summed E-state index contributed by atoms with van der Waals surface area (Å²) in [6.07, 6.45) is 8.01. The highest BCUT2D eigenvalue weighted by atomic mass is 16.5. The van der Waals surface area contributed by atoms with E-state index in [0.717, 1.165) is 55.2 Å². The minimum Gasteiger partial charge on any atom is -0.493 e. The average molecular weight is 498 g/mol. The van der Waals surface area contributed by atoms with E-state index in [1.165, 1.54) is 48.9 Å². The Labute approximate surface area is 218 Å². The smallest absolute Gasteiger partial charge is 0.251 e. The Bertz CT molecular complexity index is 1030. The average Bonchev–Trinajstić information content (AvgIpc) is 2.86. The van der Waals surface area contributed by atoms with Crippen LogP contribution in [0.4, 0.5) is 5.69 Å². The van der Waals surface area contributed by atoms with Crippen LogP contribution in [0.1, 0.15) is 73.4 Å². The first-order valence-corrected chi connectivity index (χ1v) is 13.7. The fourth-order valence-electron chi connectivity index (χ4n) is 5.49. The van der Waals surface area contributed by atoms with Crippen molar-refractivity contribution in [2.75, 3.05) is 51.9 Å². The van der Waals surface area contributed by atoms with Crippen LogP contribution in [0.15, 0.2) is 23.0 Å². The van der Waals surface area contributed by atoms with Gasteiger partial charge in [-0.25, -0.2) is 0 Å². The lowest BCUT2D eigenvalue weighted by atomic mass is 9.92. The maximum atomic E-state index is 12.8. The molecule has 0 atom stereocenters. The van der Waals surface area contributed by atoms with Gasteiger partial charge in [0.15, 0.2) is 0 Å². The lowest BCUT2D eigenvalue weighted by Gasteiger charge is -2.37. The summed E-state index contributed by atoms with van der Waals surface area (Å²) in [7, 11) is 3.86. The van der Waals surface area contributed by atoms with Crippen molar-refractivity contribution in [3.05, 3.63) is 56.5 Å². The number of aromatic amines is 1. The molecule has 0 radical (unpaired) electrons. The SMILES string of the molecule is CCN(c1cc(OCCCN(C)CCOC)cc(Cc2c(C)cc(C)[nH]c2=O)c1C)C1CCCCC1. The quantitative estimate of drug-likeness (QED) is 0.376. The second kappa shape index (κ2) is 13.8. The Balaban J connectivity index is 1.87. The molecule has 0 spiro atoms. The molecule has 0 bridgehead atoms. The molecule has 0 unspecified atom stereocenters. The number of benzene rings is 1. The van der Waals surface area contributed by atoms with Crippen molar-refractivity contribution in [3.63, 3.8) is 0 Å². The van der Waals surface area contributed by atoms with Crippen LogP contribution in [0.25, 0.3) is 0 Å². The minimum atomic E-state index is 0.0125. The van der Waals surface area contributed by atoms with Crippen molar-refractivity contribution in [2.24, 2.45) is 0 Å². The Morgan fingerprint density at radius 1 is 1.03 bits per heavy atom. The van der Waals surface area contributed by atoms with E-state index >= 15 is 0 Å². The van der Waals surface area contributed by atoms with Gasteiger partial charge < -0.3 is 24.3 Å². The van der Waals surface area contributed by atoms with Crippen molar-refractivity contribution < 1.29 is 9.47 Å². The van der Waals surface area contributed by atoms with Gasteiger partial charge in [-0.15, -0.1) is 0 Å². The fourth-order valence-corrected chi connectivity index (χ4v) is 5.49. The Hall–Kier alpha value is -2.31. The number of nitrogens with zero attached hydrogens (tertiary/aromatic N) is 2. The van der Waals surface area contributed by atoms with E-state index in [4.69, 9.17) is 9.47 Å². The number of H-pyrrole nitrogens is 1. The van der Waals surface area contributed by atoms with Gasteiger partial charge in [-0.05, 0) is 82.8 Å². The van der Waals surface area contributed by atoms with Crippen LogP contribution in [0.5, 0.6) is 5.75 Å². The molecule has 6 nitrogen and oxygen atoms in total. The molecule has 0 aliphatic heterocycles. The van der Waals surface area contributed by atoms with Gasteiger partial charge in [-0.3, -0.25) is 4.79 Å². The number of pyridine rings is 1. The normalized spacial score (nSPS) is 14.4. The summed E-state index contributed by atoms with van der Waals surface area (Å²) in [5.74, 6) is 0.903. The van der Waals surface area contributed by atoms with Crippen molar-refractivity contribution in [1.29, 1.82) is 0 Å². The van der Waals surface area contributed by atoms with Crippen LogP contribution in [0.3, 0.4) is 0 Å². The topological polar surface area (TPSA) is 57.8 Å². The number of nitrogens with one attached hydrogen (secondary N) is 1. The summed E-state index contributed by atoms with van der Waals surface area (Å²) in [6, 6.07) is 7.02. The van der Waals surface area contributed by atoms with E-state index in [1.807, 2.05) is 13.8 Å². The van der Waals surface area contributed by atoms with E-state index in [-0.39, 0.29) is 5.56 Å². The summed E-state index contributed by atoms with van der Waals surface area (Å²) in [6.45, 7) is 12.7. The molecule has 3 rings (SSSR count). The predicted molar refractivity (Wildman–Crippen MR) is 150 cm³/mol. The van der Waals surface area contributed by atoms with Gasteiger partial charge in [0.2, 0.25) is 0 Å². The number of hydrogen-bond donors (Lipinski definition) is 1. The van der Waals surface area contributed by atoms with Gasteiger partial charge in [-0.2, -0.15) is 0 Å². The molecule has 6 heteroatoms. The van der Waals surface area contributed by atoms with Crippen molar-refractivity contribution >= 4 is 5.69 Å². The molecule has 200 valence electrons. The Kier molecular flexibility index (Phi) is 10.9. The highest BCUT2D eigenvalue weighted by molar-refractivity contribution is 5.61. The second-order valence-electron chi connectivity index (χ2n) is 10.4. The van der Waals surface area contributed by atoms with E-state index in [2.05, 4.69) is 53.9 Å². The molecule has 0 amide bonds. The molecule has 2 aromatic rings. The molecule has 1 aliphatic rings. The molecular formula is C30H47N3O3. The van der Waals surface area contributed by atoms with Crippen LogP contribution in [0, 0.1) is 20.8 Å². The zero-order chi connectivity index (χ0) is 26.1.